The molecule has 2 amide bonds. The largest absolute Gasteiger partial charge is 0.494 e. The topological polar surface area (TPSA) is 109 Å². The number of pyridine rings is 2. The molecule has 1 saturated carbocycles. The molecule has 2 fully saturated rings. The molecule has 0 radical (unpaired) electrons. The first-order valence-electron chi connectivity index (χ1n) is 12.9. The van der Waals surface area contributed by atoms with E-state index in [2.05, 4.69) is 37.7 Å². The number of carbonyl (C=O) groups excluding carboxylic acids is 2. The average Bonchev–Trinajstić information content (AvgIpc) is 3.70. The molecule has 0 aromatic carbocycles. The van der Waals surface area contributed by atoms with Crippen molar-refractivity contribution in [3.8, 4) is 28.7 Å². The molecule has 2 aromatic rings. The highest BCUT2D eigenvalue weighted by Gasteiger charge is 2.32. The average molecular weight is 575 g/mol. The molecular formula is C27H29F3N6O3S. The fourth-order valence-electron chi connectivity index (χ4n) is 3.99. The molecule has 2 N–H and O–H groups in total. The molecular weight excluding hydrogens is 545 g/mol. The van der Waals surface area contributed by atoms with Gasteiger partial charge >= 0.3 is 0 Å². The molecule has 0 bridgehead atoms. The fraction of sp³-hybridized carbons (Fsp3) is 0.444. The van der Waals surface area contributed by atoms with Crippen molar-refractivity contribution in [2.24, 2.45) is 11.0 Å². The number of nitrogens with zero attached hydrogens (tertiary/aromatic N) is 4. The van der Waals surface area contributed by atoms with Gasteiger partial charge in [-0.1, -0.05) is 25.7 Å². The fourth-order valence-corrected chi connectivity index (χ4v) is 4.71. The lowest BCUT2D eigenvalue weighted by Crippen LogP contribution is -2.43. The number of rotatable bonds is 5. The summed E-state index contributed by atoms with van der Waals surface area (Å²) in [4.78, 5) is 35.0. The molecule has 212 valence electrons. The van der Waals surface area contributed by atoms with Gasteiger partial charge in [-0.05, 0) is 49.6 Å². The van der Waals surface area contributed by atoms with Gasteiger partial charge in [-0.2, -0.15) is 5.10 Å². The van der Waals surface area contributed by atoms with Crippen LogP contribution in [-0.4, -0.2) is 52.2 Å². The third-order valence-electron chi connectivity index (χ3n) is 6.14. The van der Waals surface area contributed by atoms with E-state index in [9.17, 15) is 22.8 Å². The second-order valence-electron chi connectivity index (χ2n) is 8.86. The molecule has 2 unspecified atom stereocenters. The number of halogens is 3. The Kier molecular flexibility index (Phi) is 9.52. The van der Waals surface area contributed by atoms with Gasteiger partial charge in [0.2, 0.25) is 0 Å². The van der Waals surface area contributed by atoms with Crippen molar-refractivity contribution in [3.05, 3.63) is 35.8 Å². The van der Waals surface area contributed by atoms with Gasteiger partial charge in [0, 0.05) is 29.8 Å². The van der Waals surface area contributed by atoms with Crippen molar-refractivity contribution in [1.29, 1.82) is 0 Å². The number of alkyl halides is 3. The van der Waals surface area contributed by atoms with Crippen molar-refractivity contribution in [1.82, 2.24) is 20.7 Å². The van der Waals surface area contributed by atoms with E-state index >= 15 is 0 Å². The van der Waals surface area contributed by atoms with E-state index in [-0.39, 0.29) is 51.8 Å². The third-order valence-corrected chi connectivity index (χ3v) is 7.01. The highest BCUT2D eigenvalue weighted by molar-refractivity contribution is 8.14. The normalized spacial score (nSPS) is 20.0. The number of piperidine rings is 1. The van der Waals surface area contributed by atoms with Crippen molar-refractivity contribution in [2.75, 3.05) is 18.6 Å². The Hall–Kier alpha value is -3.79. The first-order chi connectivity index (χ1) is 19.3. The van der Waals surface area contributed by atoms with Crippen molar-refractivity contribution >= 4 is 34.6 Å². The van der Waals surface area contributed by atoms with Crippen LogP contribution in [0, 0.1) is 17.8 Å². The maximum Gasteiger partial charge on any atom is 0.280 e. The summed E-state index contributed by atoms with van der Waals surface area (Å²) in [5, 5.41) is 6.77. The Bertz CT molecular complexity index is 1360. The van der Waals surface area contributed by atoms with E-state index in [4.69, 9.17) is 4.74 Å². The van der Waals surface area contributed by atoms with E-state index in [1.807, 2.05) is 13.8 Å². The van der Waals surface area contributed by atoms with Crippen LogP contribution >= 0.6 is 11.8 Å². The summed E-state index contributed by atoms with van der Waals surface area (Å²) < 4.78 is 46.5. The Labute approximate surface area is 234 Å². The number of hydrogen-bond acceptors (Lipinski definition) is 8. The lowest BCUT2D eigenvalue weighted by atomic mass is 9.99. The zero-order chi connectivity index (χ0) is 28.8. The smallest absolute Gasteiger partial charge is 0.280 e. The maximum atomic E-state index is 14.1. The summed E-state index contributed by atoms with van der Waals surface area (Å²) in [5.41, 5.74) is 2.63. The lowest BCUT2D eigenvalue weighted by molar-refractivity contribution is -0.124. The summed E-state index contributed by atoms with van der Waals surface area (Å²) in [5.74, 6) is 5.47. The summed E-state index contributed by atoms with van der Waals surface area (Å²) in [7, 11) is 1.34. The maximum absolute atomic E-state index is 14.1. The van der Waals surface area contributed by atoms with Crippen molar-refractivity contribution in [3.63, 3.8) is 0 Å². The van der Waals surface area contributed by atoms with Crippen molar-refractivity contribution in [2.45, 2.75) is 57.5 Å². The number of carbonyl (C=O) groups is 2. The quantitative estimate of drug-likeness (QED) is 0.500. The minimum absolute atomic E-state index is 0.00976. The van der Waals surface area contributed by atoms with Gasteiger partial charge in [-0.15, -0.1) is 0 Å². The molecule has 1 aliphatic carbocycles. The van der Waals surface area contributed by atoms with Gasteiger partial charge in [0.1, 0.15) is 17.3 Å². The first kappa shape index (κ1) is 29.2. The number of aromatic nitrogens is 2. The third kappa shape index (κ3) is 6.67. The molecule has 3 aliphatic rings. The van der Waals surface area contributed by atoms with Gasteiger partial charge in [-0.3, -0.25) is 30.2 Å². The molecule has 2 atom stereocenters. The van der Waals surface area contributed by atoms with E-state index in [1.165, 1.54) is 36.0 Å². The van der Waals surface area contributed by atoms with E-state index in [0.29, 0.717) is 12.3 Å². The van der Waals surface area contributed by atoms with Crippen LogP contribution in [-0.2, 0) is 4.79 Å². The molecule has 13 heteroatoms. The molecule has 2 aliphatic heterocycles. The van der Waals surface area contributed by atoms with Crippen LogP contribution in [0.25, 0.3) is 11.1 Å². The monoisotopic (exact) mass is 574 g/mol. The lowest BCUT2D eigenvalue weighted by Gasteiger charge is -2.28. The number of amidine groups is 1. The molecule has 40 heavy (non-hydrogen) atoms. The number of amides is 2. The van der Waals surface area contributed by atoms with Crippen LogP contribution in [0.3, 0.4) is 0 Å². The molecule has 1 saturated heterocycles. The minimum atomic E-state index is -2.88. The van der Waals surface area contributed by atoms with Crippen LogP contribution in [0.2, 0.25) is 0 Å². The predicted octanol–water partition coefficient (Wildman–Crippen LogP) is 4.66. The highest BCUT2D eigenvalue weighted by Crippen LogP contribution is 2.37. The molecule has 9 nitrogen and oxygen atoms in total. The van der Waals surface area contributed by atoms with Crippen LogP contribution in [0.4, 0.5) is 19.0 Å². The van der Waals surface area contributed by atoms with E-state index < -0.39 is 30.1 Å². The van der Waals surface area contributed by atoms with Crippen molar-refractivity contribution < 1.29 is 27.5 Å². The summed E-state index contributed by atoms with van der Waals surface area (Å²) in [6.45, 7) is 4.23. The van der Waals surface area contributed by atoms with Crippen LogP contribution in [0.15, 0.2) is 29.6 Å². The van der Waals surface area contributed by atoms with Gasteiger partial charge in [-0.25, -0.2) is 18.2 Å². The number of hydrazone groups is 1. The second-order valence-corrected chi connectivity index (χ2v) is 9.95. The van der Waals surface area contributed by atoms with Crippen LogP contribution in [0.1, 0.15) is 62.0 Å². The van der Waals surface area contributed by atoms with Gasteiger partial charge < -0.3 is 4.74 Å². The second kappa shape index (κ2) is 13.0. The minimum Gasteiger partial charge on any atom is -0.494 e. The zero-order valence-corrected chi connectivity index (χ0v) is 23.0. The summed E-state index contributed by atoms with van der Waals surface area (Å²) in [6, 6.07) is 2.51. The number of nitrogens with one attached hydrogen (secondary N) is 2. The number of ether oxygens (including phenoxy) is 1. The highest BCUT2D eigenvalue weighted by atomic mass is 32.2. The van der Waals surface area contributed by atoms with Gasteiger partial charge in [0.15, 0.2) is 16.7 Å². The van der Waals surface area contributed by atoms with E-state index in [0.717, 1.165) is 25.1 Å². The number of thioether (sulfide) groups is 1. The number of hydrogen-bond donors (Lipinski definition) is 2. The van der Waals surface area contributed by atoms with Gasteiger partial charge in [0.05, 0.1) is 18.9 Å². The molecule has 2 aromatic heterocycles. The molecule has 4 heterocycles. The Morgan fingerprint density at radius 1 is 1.18 bits per heavy atom. The first-order valence-corrected chi connectivity index (χ1v) is 13.8. The van der Waals surface area contributed by atoms with E-state index in [1.54, 1.807) is 0 Å². The molecule has 5 rings (SSSR count). The number of anilines is 1. The van der Waals surface area contributed by atoms with Gasteiger partial charge in [0.25, 0.3) is 18.2 Å². The summed E-state index contributed by atoms with van der Waals surface area (Å²) >= 11 is 1.23. The zero-order valence-electron chi connectivity index (χ0n) is 22.2. The Morgan fingerprint density at radius 2 is 1.95 bits per heavy atom. The van der Waals surface area contributed by atoms with Crippen LogP contribution < -0.4 is 20.4 Å². The summed E-state index contributed by atoms with van der Waals surface area (Å²) in [6.07, 6.45) is 0.509. The molecule has 0 spiro atoms. The number of methoxy groups -OCH3 is 1. The SMILES string of the molecule is CC.COc1cnc(C(F)F)cc1-c1cc(N2CCCC(F)C2=O)ncc1C(=O)NC1=NNC(C#CC2CC2)S1. The Morgan fingerprint density at radius 3 is 2.65 bits per heavy atom. The standard InChI is InChI=1S/C25H23F3N6O3S.C2H6/c1-37-19-12-29-18(22(27)28)9-15(19)14-10-20(34-8-2-3-17(26)24(34)36)30-11-16(14)23(35)31-25-33-32-21(38-25)7-6-13-4-5-13;1-2/h9-13,17,21-22,32H,2-5,8H2,1H3,(H,31,33,35);1-2H3. The van der Waals surface area contributed by atoms with Crippen LogP contribution in [0.5, 0.6) is 5.75 Å². The predicted molar refractivity (Wildman–Crippen MR) is 147 cm³/mol. The Balaban J connectivity index is 0.00000181.